The minimum atomic E-state index is -0.589. The number of nitrogens with zero attached hydrogens (tertiary/aromatic N) is 2. The molecule has 1 saturated carbocycles. The Bertz CT molecular complexity index is 249. The third kappa shape index (κ3) is 1.21. The van der Waals surface area contributed by atoms with E-state index in [1.54, 1.807) is 11.9 Å². The highest BCUT2D eigenvalue weighted by molar-refractivity contribution is 5.75. The first-order chi connectivity index (χ1) is 6.57. The second-order valence-corrected chi connectivity index (χ2v) is 4.69. The van der Waals surface area contributed by atoms with Crippen LogP contribution in [0.4, 0.5) is 4.79 Å². The predicted molar refractivity (Wildman–Crippen MR) is 52.7 cm³/mol. The van der Waals surface area contributed by atoms with Gasteiger partial charge in [-0.1, -0.05) is 12.8 Å². The fraction of sp³-hybridized carbons (Fsp3) is 0.900. The van der Waals surface area contributed by atoms with Gasteiger partial charge in [0.15, 0.2) is 0 Å². The van der Waals surface area contributed by atoms with E-state index in [1.807, 2.05) is 7.05 Å². The van der Waals surface area contributed by atoms with Crippen molar-refractivity contribution in [3.63, 3.8) is 0 Å². The molecule has 0 bridgehead atoms. The molecule has 4 nitrogen and oxygen atoms in total. The van der Waals surface area contributed by atoms with Gasteiger partial charge in [0.1, 0.15) is 6.23 Å². The van der Waals surface area contributed by atoms with E-state index in [4.69, 9.17) is 0 Å². The van der Waals surface area contributed by atoms with E-state index in [-0.39, 0.29) is 11.4 Å². The molecule has 80 valence electrons. The zero-order valence-corrected chi connectivity index (χ0v) is 8.86. The van der Waals surface area contributed by atoms with Crippen molar-refractivity contribution in [2.24, 2.45) is 5.41 Å². The van der Waals surface area contributed by atoms with Gasteiger partial charge in [-0.15, -0.1) is 0 Å². The Hall–Kier alpha value is -0.770. The van der Waals surface area contributed by atoms with Crippen molar-refractivity contribution in [3.8, 4) is 0 Å². The number of carbonyl (C=O) groups is 1. The molecule has 2 fully saturated rings. The smallest absolute Gasteiger partial charge is 0.321 e. The van der Waals surface area contributed by atoms with E-state index in [0.29, 0.717) is 6.54 Å². The van der Waals surface area contributed by atoms with Crippen LogP contribution in [0.1, 0.15) is 25.7 Å². The minimum absolute atomic E-state index is 0.0581. The molecule has 1 spiro atoms. The lowest BCUT2D eigenvalue weighted by Crippen LogP contribution is -2.61. The maximum absolute atomic E-state index is 11.6. The molecule has 1 atom stereocenters. The van der Waals surface area contributed by atoms with Gasteiger partial charge in [-0.25, -0.2) is 4.79 Å². The van der Waals surface area contributed by atoms with Crippen LogP contribution in [0.3, 0.4) is 0 Å². The number of hydrogen-bond donors (Lipinski definition) is 1. The summed E-state index contributed by atoms with van der Waals surface area (Å²) in [6, 6.07) is -0.0741. The summed E-state index contributed by atoms with van der Waals surface area (Å²) in [6.07, 6.45) is 3.83. The summed E-state index contributed by atoms with van der Waals surface area (Å²) in [7, 11) is 3.49. The summed E-state index contributed by atoms with van der Waals surface area (Å²) < 4.78 is 0. The van der Waals surface area contributed by atoms with Gasteiger partial charge in [-0.3, -0.25) is 0 Å². The molecule has 1 heterocycles. The van der Waals surface area contributed by atoms with Crippen molar-refractivity contribution in [2.75, 3.05) is 20.6 Å². The molecule has 0 aromatic carbocycles. The normalized spacial score (nSPS) is 31.6. The van der Waals surface area contributed by atoms with Gasteiger partial charge < -0.3 is 14.9 Å². The molecule has 1 aliphatic carbocycles. The SMILES string of the molecule is CN1CC2(CCCC2)C(O)N(C)C1=O. The van der Waals surface area contributed by atoms with E-state index < -0.39 is 6.23 Å². The second kappa shape index (κ2) is 3.12. The third-order valence-electron chi connectivity index (χ3n) is 3.69. The Labute approximate surface area is 84.5 Å². The fourth-order valence-corrected chi connectivity index (χ4v) is 2.90. The van der Waals surface area contributed by atoms with Crippen LogP contribution in [0.5, 0.6) is 0 Å². The molecule has 1 N–H and O–H groups in total. The van der Waals surface area contributed by atoms with Crippen molar-refractivity contribution >= 4 is 6.03 Å². The number of urea groups is 1. The molecule has 0 aromatic rings. The minimum Gasteiger partial charge on any atom is -0.373 e. The highest BCUT2D eigenvalue weighted by Gasteiger charge is 2.48. The summed E-state index contributed by atoms with van der Waals surface area (Å²) in [5.74, 6) is 0. The number of amides is 2. The first-order valence-electron chi connectivity index (χ1n) is 5.23. The highest BCUT2D eigenvalue weighted by Crippen LogP contribution is 2.44. The number of rotatable bonds is 0. The van der Waals surface area contributed by atoms with Crippen LogP contribution in [0.15, 0.2) is 0 Å². The van der Waals surface area contributed by atoms with Gasteiger partial charge >= 0.3 is 6.03 Å². The summed E-state index contributed by atoms with van der Waals surface area (Å²) in [6.45, 7) is 0.706. The molecule has 2 aliphatic rings. The second-order valence-electron chi connectivity index (χ2n) is 4.69. The summed E-state index contributed by atoms with van der Waals surface area (Å²) >= 11 is 0. The highest BCUT2D eigenvalue weighted by atomic mass is 16.3. The van der Waals surface area contributed by atoms with Crippen LogP contribution in [0.2, 0.25) is 0 Å². The molecule has 2 amide bonds. The first-order valence-corrected chi connectivity index (χ1v) is 5.23. The monoisotopic (exact) mass is 198 g/mol. The average molecular weight is 198 g/mol. The molecule has 2 rings (SSSR count). The molecule has 0 aromatic heterocycles. The summed E-state index contributed by atoms with van der Waals surface area (Å²) in [5, 5.41) is 10.1. The molecule has 0 radical (unpaired) electrons. The van der Waals surface area contributed by atoms with E-state index in [1.165, 1.54) is 17.7 Å². The van der Waals surface area contributed by atoms with Crippen molar-refractivity contribution in [1.29, 1.82) is 0 Å². The largest absolute Gasteiger partial charge is 0.373 e. The topological polar surface area (TPSA) is 43.8 Å². The maximum atomic E-state index is 11.6. The van der Waals surface area contributed by atoms with Crippen LogP contribution in [0.25, 0.3) is 0 Å². The Morgan fingerprint density at radius 3 is 2.50 bits per heavy atom. The standard InChI is InChI=1S/C10H18N2O2/c1-11-7-10(5-3-4-6-10)8(13)12(2)9(11)14/h8,13H,3-7H2,1-2H3. The van der Waals surface area contributed by atoms with Crippen LogP contribution >= 0.6 is 0 Å². The predicted octanol–water partition coefficient (Wildman–Crippen LogP) is 0.862. The number of aliphatic hydroxyl groups excluding tert-OH is 1. The van der Waals surface area contributed by atoms with Gasteiger partial charge in [0.2, 0.25) is 0 Å². The van der Waals surface area contributed by atoms with Crippen molar-refractivity contribution in [2.45, 2.75) is 31.9 Å². The zero-order chi connectivity index (χ0) is 10.3. The first kappa shape index (κ1) is 9.77. The van der Waals surface area contributed by atoms with Crippen LogP contribution in [-0.4, -0.2) is 47.8 Å². The molecule has 1 unspecified atom stereocenters. The van der Waals surface area contributed by atoms with Crippen molar-refractivity contribution in [3.05, 3.63) is 0 Å². The van der Waals surface area contributed by atoms with Gasteiger partial charge in [0.25, 0.3) is 0 Å². The quantitative estimate of drug-likeness (QED) is 0.627. The Morgan fingerprint density at radius 1 is 1.36 bits per heavy atom. The van der Waals surface area contributed by atoms with Crippen LogP contribution in [0, 0.1) is 5.41 Å². The summed E-state index contributed by atoms with van der Waals surface area (Å²) in [5.41, 5.74) is -0.0581. The van der Waals surface area contributed by atoms with E-state index in [0.717, 1.165) is 12.8 Å². The lowest BCUT2D eigenvalue weighted by molar-refractivity contribution is -0.0958. The lowest BCUT2D eigenvalue weighted by atomic mass is 9.81. The van der Waals surface area contributed by atoms with Gasteiger partial charge in [-0.2, -0.15) is 0 Å². The molecule has 1 saturated heterocycles. The van der Waals surface area contributed by atoms with Crippen LogP contribution < -0.4 is 0 Å². The number of carbonyl (C=O) groups excluding carboxylic acids is 1. The fourth-order valence-electron chi connectivity index (χ4n) is 2.90. The Balaban J connectivity index is 2.23. The van der Waals surface area contributed by atoms with Gasteiger partial charge in [0, 0.05) is 26.1 Å². The number of aliphatic hydroxyl groups is 1. The van der Waals surface area contributed by atoms with Gasteiger partial charge in [0.05, 0.1) is 0 Å². The van der Waals surface area contributed by atoms with Gasteiger partial charge in [-0.05, 0) is 12.8 Å². The third-order valence-corrected chi connectivity index (χ3v) is 3.69. The van der Waals surface area contributed by atoms with E-state index in [9.17, 15) is 9.90 Å². The Kier molecular flexibility index (Phi) is 2.18. The molecule has 14 heavy (non-hydrogen) atoms. The molecule has 4 heteroatoms. The molecular formula is C10H18N2O2. The van der Waals surface area contributed by atoms with E-state index >= 15 is 0 Å². The maximum Gasteiger partial charge on any atom is 0.321 e. The van der Waals surface area contributed by atoms with Crippen molar-refractivity contribution in [1.82, 2.24) is 9.80 Å². The lowest BCUT2D eigenvalue weighted by Gasteiger charge is -2.47. The number of hydrogen-bond acceptors (Lipinski definition) is 2. The summed E-state index contributed by atoms with van der Waals surface area (Å²) in [4.78, 5) is 14.8. The average Bonchev–Trinajstić information content (AvgIpc) is 2.62. The molecule has 1 aliphatic heterocycles. The van der Waals surface area contributed by atoms with Crippen LogP contribution in [-0.2, 0) is 0 Å². The van der Waals surface area contributed by atoms with E-state index in [2.05, 4.69) is 0 Å². The van der Waals surface area contributed by atoms with Crippen molar-refractivity contribution < 1.29 is 9.90 Å². The molecular weight excluding hydrogens is 180 g/mol. The zero-order valence-electron chi connectivity index (χ0n) is 8.86. The Morgan fingerprint density at radius 2 is 1.93 bits per heavy atom.